The smallest absolute Gasteiger partial charge is 0.123 e. The van der Waals surface area contributed by atoms with Crippen LogP contribution < -0.4 is 5.32 Å². The molecule has 2 aromatic rings. The van der Waals surface area contributed by atoms with Crippen molar-refractivity contribution in [3.8, 4) is 10.6 Å². The van der Waals surface area contributed by atoms with E-state index in [2.05, 4.69) is 52.6 Å². The molecule has 116 valence electrons. The number of nitrogens with zero attached hydrogens (tertiary/aromatic N) is 2. The van der Waals surface area contributed by atoms with Crippen LogP contribution in [0.5, 0.6) is 0 Å². The van der Waals surface area contributed by atoms with Crippen molar-refractivity contribution in [3.63, 3.8) is 0 Å². The number of benzene rings is 1. The third-order valence-electron chi connectivity index (χ3n) is 5.08. The molecule has 1 N–H and O–H groups in total. The maximum atomic E-state index is 4.63. The molecule has 2 fully saturated rings. The number of thiazole rings is 1. The Labute approximate surface area is 136 Å². The van der Waals surface area contributed by atoms with Crippen LogP contribution in [-0.4, -0.2) is 36.1 Å². The van der Waals surface area contributed by atoms with E-state index in [4.69, 9.17) is 0 Å². The van der Waals surface area contributed by atoms with E-state index >= 15 is 0 Å². The van der Waals surface area contributed by atoms with Gasteiger partial charge in [-0.05, 0) is 38.3 Å². The Balaban J connectivity index is 1.43. The number of nitrogens with one attached hydrogen (secondary N) is 1. The third-order valence-corrected chi connectivity index (χ3v) is 6.11. The van der Waals surface area contributed by atoms with Gasteiger partial charge in [0.15, 0.2) is 0 Å². The maximum Gasteiger partial charge on any atom is 0.123 e. The van der Waals surface area contributed by atoms with E-state index in [0.717, 1.165) is 11.6 Å². The third kappa shape index (κ3) is 2.83. The van der Waals surface area contributed by atoms with E-state index in [1.807, 2.05) is 11.3 Å². The second-order valence-corrected chi connectivity index (χ2v) is 8.00. The molecule has 1 atom stereocenters. The minimum absolute atomic E-state index is 0.560. The number of hydrogen-bond acceptors (Lipinski definition) is 4. The minimum atomic E-state index is 0.560. The fourth-order valence-electron chi connectivity index (χ4n) is 3.74. The summed E-state index contributed by atoms with van der Waals surface area (Å²) in [6.45, 7) is 8.08. The van der Waals surface area contributed by atoms with Crippen LogP contribution in [0.4, 0.5) is 0 Å². The first-order valence-electron chi connectivity index (χ1n) is 8.17. The number of aromatic nitrogens is 1. The first-order chi connectivity index (χ1) is 10.7. The second-order valence-electron chi connectivity index (χ2n) is 6.89. The van der Waals surface area contributed by atoms with Crippen LogP contribution in [-0.2, 0) is 6.54 Å². The topological polar surface area (TPSA) is 28.2 Å². The molecule has 22 heavy (non-hydrogen) atoms. The molecule has 2 aliphatic heterocycles. The number of aryl methyl sites for hydroxylation is 1. The summed E-state index contributed by atoms with van der Waals surface area (Å²) >= 11 is 1.84. The van der Waals surface area contributed by atoms with Crippen LogP contribution in [0.2, 0.25) is 0 Å². The van der Waals surface area contributed by atoms with Gasteiger partial charge in [-0.3, -0.25) is 4.90 Å². The van der Waals surface area contributed by atoms with Crippen LogP contribution in [0, 0.1) is 12.3 Å². The monoisotopic (exact) mass is 313 g/mol. The molecule has 4 rings (SSSR count). The molecule has 1 spiro atoms. The van der Waals surface area contributed by atoms with Gasteiger partial charge in [0.25, 0.3) is 0 Å². The van der Waals surface area contributed by atoms with E-state index in [-0.39, 0.29) is 0 Å². The van der Waals surface area contributed by atoms with Gasteiger partial charge < -0.3 is 5.32 Å². The van der Waals surface area contributed by atoms with Gasteiger partial charge in [0, 0.05) is 36.3 Å². The summed E-state index contributed by atoms with van der Waals surface area (Å²) in [5, 5.41) is 4.68. The molecule has 0 bridgehead atoms. The van der Waals surface area contributed by atoms with Crippen molar-refractivity contribution in [1.82, 2.24) is 15.2 Å². The molecule has 0 aliphatic carbocycles. The van der Waals surface area contributed by atoms with Crippen molar-refractivity contribution in [2.75, 3.05) is 26.2 Å². The first-order valence-corrected chi connectivity index (χ1v) is 8.99. The average Bonchev–Trinajstić information content (AvgIpc) is 3.24. The van der Waals surface area contributed by atoms with E-state index in [1.54, 1.807) is 0 Å². The van der Waals surface area contributed by atoms with Crippen molar-refractivity contribution in [2.24, 2.45) is 5.41 Å². The van der Waals surface area contributed by atoms with Gasteiger partial charge in [-0.1, -0.05) is 29.8 Å². The van der Waals surface area contributed by atoms with Gasteiger partial charge in [-0.2, -0.15) is 0 Å². The zero-order chi connectivity index (χ0) is 15.0. The highest BCUT2D eigenvalue weighted by Gasteiger charge is 2.40. The standard InChI is InChI=1S/C18H23N3S/c1-14-2-4-15(5-3-14)17-20-10-16(22-17)11-21-9-7-18(13-21)6-8-19-12-18/h2-5,10,19H,6-9,11-13H2,1H3. The normalized spacial score (nSPS) is 25.3. The van der Waals surface area contributed by atoms with Gasteiger partial charge in [0.1, 0.15) is 5.01 Å². The highest BCUT2D eigenvalue weighted by molar-refractivity contribution is 7.15. The van der Waals surface area contributed by atoms with Gasteiger partial charge in [-0.15, -0.1) is 11.3 Å². The van der Waals surface area contributed by atoms with E-state index < -0.39 is 0 Å². The van der Waals surface area contributed by atoms with Crippen molar-refractivity contribution < 1.29 is 0 Å². The molecule has 3 heterocycles. The predicted octanol–water partition coefficient (Wildman–Crippen LogP) is 3.30. The Kier molecular flexibility index (Phi) is 3.76. The molecule has 0 radical (unpaired) electrons. The molecular formula is C18H23N3S. The number of rotatable bonds is 3. The van der Waals surface area contributed by atoms with Gasteiger partial charge in [0.05, 0.1) is 0 Å². The SMILES string of the molecule is Cc1ccc(-c2ncc(CN3CCC4(CCNC4)C3)s2)cc1. The summed E-state index contributed by atoms with van der Waals surface area (Å²) in [7, 11) is 0. The van der Waals surface area contributed by atoms with Crippen LogP contribution in [0.1, 0.15) is 23.3 Å². The van der Waals surface area contributed by atoms with Crippen molar-refractivity contribution in [2.45, 2.75) is 26.3 Å². The van der Waals surface area contributed by atoms with Gasteiger partial charge in [-0.25, -0.2) is 4.98 Å². The molecule has 2 aliphatic rings. The highest BCUT2D eigenvalue weighted by Crippen LogP contribution is 2.37. The van der Waals surface area contributed by atoms with Crippen molar-refractivity contribution in [3.05, 3.63) is 40.9 Å². The quantitative estimate of drug-likeness (QED) is 0.942. The van der Waals surface area contributed by atoms with Gasteiger partial charge in [0.2, 0.25) is 0 Å². The number of likely N-dealkylation sites (tertiary alicyclic amines) is 1. The molecule has 1 aromatic heterocycles. The summed E-state index contributed by atoms with van der Waals surface area (Å²) in [6.07, 6.45) is 4.77. The molecular weight excluding hydrogens is 290 g/mol. The molecule has 0 amide bonds. The number of hydrogen-bond donors (Lipinski definition) is 1. The second kappa shape index (κ2) is 5.76. The summed E-state index contributed by atoms with van der Waals surface area (Å²) in [4.78, 5) is 8.62. The summed E-state index contributed by atoms with van der Waals surface area (Å²) in [5.41, 5.74) is 3.09. The Bertz CT molecular complexity index is 641. The highest BCUT2D eigenvalue weighted by atomic mass is 32.1. The van der Waals surface area contributed by atoms with E-state index in [0.29, 0.717) is 5.41 Å². The van der Waals surface area contributed by atoms with Crippen LogP contribution >= 0.6 is 11.3 Å². The lowest BCUT2D eigenvalue weighted by Crippen LogP contribution is -2.28. The lowest BCUT2D eigenvalue weighted by atomic mass is 9.87. The Morgan fingerprint density at radius 3 is 2.91 bits per heavy atom. The molecule has 1 unspecified atom stereocenters. The lowest BCUT2D eigenvalue weighted by molar-refractivity contribution is 0.270. The van der Waals surface area contributed by atoms with E-state index in [9.17, 15) is 0 Å². The van der Waals surface area contributed by atoms with Crippen LogP contribution in [0.25, 0.3) is 10.6 Å². The minimum Gasteiger partial charge on any atom is -0.316 e. The van der Waals surface area contributed by atoms with Crippen molar-refractivity contribution >= 4 is 11.3 Å². The van der Waals surface area contributed by atoms with Crippen molar-refractivity contribution in [1.29, 1.82) is 0 Å². The molecule has 0 saturated carbocycles. The maximum absolute atomic E-state index is 4.63. The Hall–Kier alpha value is -1.23. The Morgan fingerprint density at radius 2 is 2.14 bits per heavy atom. The summed E-state index contributed by atoms with van der Waals surface area (Å²) in [5.74, 6) is 0. The molecule has 3 nitrogen and oxygen atoms in total. The molecule has 1 aromatic carbocycles. The van der Waals surface area contributed by atoms with E-state index in [1.165, 1.54) is 55.0 Å². The van der Waals surface area contributed by atoms with Crippen LogP contribution in [0.3, 0.4) is 0 Å². The van der Waals surface area contributed by atoms with Crippen LogP contribution in [0.15, 0.2) is 30.5 Å². The first kappa shape index (κ1) is 14.4. The van der Waals surface area contributed by atoms with Gasteiger partial charge >= 0.3 is 0 Å². The summed E-state index contributed by atoms with van der Waals surface area (Å²) < 4.78 is 0. The zero-order valence-corrected chi connectivity index (χ0v) is 14.0. The largest absolute Gasteiger partial charge is 0.316 e. The molecule has 4 heteroatoms. The molecule has 2 saturated heterocycles. The summed E-state index contributed by atoms with van der Waals surface area (Å²) in [6, 6.07) is 8.67. The lowest BCUT2D eigenvalue weighted by Gasteiger charge is -2.22. The fraction of sp³-hybridized carbons (Fsp3) is 0.500. The zero-order valence-electron chi connectivity index (χ0n) is 13.1. The fourth-order valence-corrected chi connectivity index (χ4v) is 4.70. The Morgan fingerprint density at radius 1 is 1.27 bits per heavy atom. The average molecular weight is 313 g/mol. The predicted molar refractivity (Wildman–Crippen MR) is 92.1 cm³/mol.